The summed E-state index contributed by atoms with van der Waals surface area (Å²) in [6.07, 6.45) is 0. The minimum Gasteiger partial charge on any atom is -0.355 e. The number of thioether (sulfide) groups is 1. The lowest BCUT2D eigenvalue weighted by Crippen LogP contribution is -2.48. The van der Waals surface area contributed by atoms with Gasteiger partial charge in [0.25, 0.3) is 0 Å². The number of hydrogen-bond acceptors (Lipinski definition) is 3. The Bertz CT molecular complexity index is 795. The van der Waals surface area contributed by atoms with E-state index in [1.54, 1.807) is 11.8 Å². The molecule has 0 aromatic heterocycles. The van der Waals surface area contributed by atoms with Gasteiger partial charge in [0.15, 0.2) is 0 Å². The van der Waals surface area contributed by atoms with E-state index in [2.05, 4.69) is 5.32 Å². The Morgan fingerprint density at radius 2 is 1.82 bits per heavy atom. The Labute approximate surface area is 176 Å². The van der Waals surface area contributed by atoms with Crippen molar-refractivity contribution in [2.24, 2.45) is 0 Å². The average Bonchev–Trinajstić information content (AvgIpc) is 2.68. The zero-order valence-electron chi connectivity index (χ0n) is 16.6. The second-order valence-electron chi connectivity index (χ2n) is 6.64. The van der Waals surface area contributed by atoms with Crippen molar-refractivity contribution in [2.75, 3.05) is 12.3 Å². The number of aryl methyl sites for hydroxylation is 1. The first-order valence-corrected chi connectivity index (χ1v) is 10.9. The molecular formula is C22H27ClN2O2S. The van der Waals surface area contributed by atoms with Crippen LogP contribution in [0.3, 0.4) is 0 Å². The van der Waals surface area contributed by atoms with Gasteiger partial charge in [0.1, 0.15) is 6.04 Å². The highest BCUT2D eigenvalue weighted by Crippen LogP contribution is 2.18. The molecule has 0 aliphatic carbocycles. The Kier molecular flexibility index (Phi) is 8.87. The fourth-order valence-corrected chi connectivity index (χ4v) is 3.79. The molecule has 0 heterocycles. The van der Waals surface area contributed by atoms with Gasteiger partial charge in [-0.15, -0.1) is 11.8 Å². The summed E-state index contributed by atoms with van der Waals surface area (Å²) >= 11 is 7.45. The minimum absolute atomic E-state index is 0.0408. The summed E-state index contributed by atoms with van der Waals surface area (Å²) in [6, 6.07) is 15.0. The van der Waals surface area contributed by atoms with Crippen LogP contribution in [0.4, 0.5) is 0 Å². The summed E-state index contributed by atoms with van der Waals surface area (Å²) in [7, 11) is 0. The second-order valence-corrected chi connectivity index (χ2v) is 8.06. The molecule has 2 amide bonds. The molecule has 0 saturated heterocycles. The largest absolute Gasteiger partial charge is 0.355 e. The highest BCUT2D eigenvalue weighted by molar-refractivity contribution is 7.99. The number of nitrogens with zero attached hydrogens (tertiary/aromatic N) is 1. The van der Waals surface area contributed by atoms with Crippen LogP contribution in [0, 0.1) is 6.92 Å². The van der Waals surface area contributed by atoms with Gasteiger partial charge in [-0.05, 0) is 49.6 Å². The van der Waals surface area contributed by atoms with E-state index in [0.29, 0.717) is 23.9 Å². The summed E-state index contributed by atoms with van der Waals surface area (Å²) in [5.74, 6) is 0.864. The molecule has 0 spiro atoms. The molecule has 1 unspecified atom stereocenters. The lowest BCUT2D eigenvalue weighted by molar-refractivity contribution is -0.138. The molecule has 6 heteroatoms. The molecule has 0 aliphatic rings. The van der Waals surface area contributed by atoms with E-state index in [0.717, 1.165) is 22.4 Å². The molecule has 0 radical (unpaired) electrons. The predicted molar refractivity (Wildman–Crippen MR) is 117 cm³/mol. The van der Waals surface area contributed by atoms with E-state index in [-0.39, 0.29) is 11.8 Å². The summed E-state index contributed by atoms with van der Waals surface area (Å²) in [5.41, 5.74) is 3.27. The van der Waals surface area contributed by atoms with Crippen LogP contribution in [-0.2, 0) is 21.9 Å². The van der Waals surface area contributed by atoms with Crippen LogP contribution in [0.1, 0.15) is 30.5 Å². The SMILES string of the molecule is CCNC(=O)C(C)N(Cc1ccccc1C)C(=O)CSCc1ccc(Cl)cc1. The summed E-state index contributed by atoms with van der Waals surface area (Å²) in [5, 5.41) is 3.52. The molecule has 1 N–H and O–H groups in total. The third-order valence-electron chi connectivity index (χ3n) is 4.53. The van der Waals surface area contributed by atoms with Crippen LogP contribution in [0.5, 0.6) is 0 Å². The number of rotatable bonds is 9. The van der Waals surface area contributed by atoms with Gasteiger partial charge < -0.3 is 10.2 Å². The Balaban J connectivity index is 2.06. The third-order valence-corrected chi connectivity index (χ3v) is 5.77. The topological polar surface area (TPSA) is 49.4 Å². The van der Waals surface area contributed by atoms with Crippen molar-refractivity contribution in [3.05, 3.63) is 70.2 Å². The first-order valence-electron chi connectivity index (χ1n) is 9.36. The molecule has 2 aromatic rings. The molecule has 1 atom stereocenters. The van der Waals surface area contributed by atoms with E-state index >= 15 is 0 Å². The molecule has 4 nitrogen and oxygen atoms in total. The number of carbonyl (C=O) groups is 2. The maximum absolute atomic E-state index is 13.0. The van der Waals surface area contributed by atoms with E-state index in [9.17, 15) is 9.59 Å². The molecule has 0 saturated carbocycles. The van der Waals surface area contributed by atoms with Crippen molar-refractivity contribution in [1.82, 2.24) is 10.2 Å². The molecule has 0 aliphatic heterocycles. The van der Waals surface area contributed by atoms with Crippen LogP contribution in [0.15, 0.2) is 48.5 Å². The quantitative estimate of drug-likeness (QED) is 0.655. The first-order chi connectivity index (χ1) is 13.4. The van der Waals surface area contributed by atoms with Crippen molar-refractivity contribution in [3.63, 3.8) is 0 Å². The molecule has 0 fully saturated rings. The van der Waals surface area contributed by atoms with Gasteiger partial charge in [-0.1, -0.05) is 48.0 Å². The van der Waals surface area contributed by atoms with Crippen LogP contribution in [0.25, 0.3) is 0 Å². The highest BCUT2D eigenvalue weighted by Gasteiger charge is 2.26. The van der Waals surface area contributed by atoms with Crippen molar-refractivity contribution in [1.29, 1.82) is 0 Å². The molecule has 2 aromatic carbocycles. The normalized spacial score (nSPS) is 11.7. The Hall–Kier alpha value is -1.98. The lowest BCUT2D eigenvalue weighted by atomic mass is 10.1. The summed E-state index contributed by atoms with van der Waals surface area (Å²) in [4.78, 5) is 27.0. The van der Waals surface area contributed by atoms with Gasteiger partial charge in [0.05, 0.1) is 5.75 Å². The van der Waals surface area contributed by atoms with E-state index < -0.39 is 6.04 Å². The molecule has 28 heavy (non-hydrogen) atoms. The fourth-order valence-electron chi connectivity index (χ4n) is 2.80. The molecule has 2 rings (SSSR count). The molecule has 0 bridgehead atoms. The first kappa shape index (κ1) is 22.3. The highest BCUT2D eigenvalue weighted by atomic mass is 35.5. The maximum atomic E-state index is 13.0. The monoisotopic (exact) mass is 418 g/mol. The van der Waals surface area contributed by atoms with Crippen molar-refractivity contribution < 1.29 is 9.59 Å². The van der Waals surface area contributed by atoms with Crippen LogP contribution >= 0.6 is 23.4 Å². The number of hydrogen-bond donors (Lipinski definition) is 1. The van der Waals surface area contributed by atoms with Gasteiger partial charge in [0.2, 0.25) is 11.8 Å². The standard InChI is InChI=1S/C22H27ClN2O2S/c1-4-24-22(27)17(3)25(13-19-8-6-5-7-16(19)2)21(26)15-28-14-18-9-11-20(23)12-10-18/h5-12,17H,4,13-15H2,1-3H3,(H,24,27). The van der Waals surface area contributed by atoms with Gasteiger partial charge in [-0.2, -0.15) is 0 Å². The van der Waals surface area contributed by atoms with E-state index in [1.807, 2.05) is 62.4 Å². The van der Waals surface area contributed by atoms with Crippen molar-refractivity contribution >= 4 is 35.2 Å². The van der Waals surface area contributed by atoms with Gasteiger partial charge in [0, 0.05) is 23.9 Å². The van der Waals surface area contributed by atoms with Gasteiger partial charge >= 0.3 is 0 Å². The number of nitrogens with one attached hydrogen (secondary N) is 1. The minimum atomic E-state index is -0.525. The average molecular weight is 419 g/mol. The second kappa shape index (κ2) is 11.1. The number of likely N-dealkylation sites (N-methyl/N-ethyl adjacent to an activating group) is 1. The number of benzene rings is 2. The maximum Gasteiger partial charge on any atom is 0.242 e. The summed E-state index contributed by atoms with van der Waals surface area (Å²) in [6.45, 7) is 6.64. The van der Waals surface area contributed by atoms with Gasteiger partial charge in [-0.3, -0.25) is 9.59 Å². The predicted octanol–water partition coefficient (Wildman–Crippen LogP) is 4.44. The number of halogens is 1. The number of carbonyl (C=O) groups excluding carboxylic acids is 2. The molecule has 150 valence electrons. The van der Waals surface area contributed by atoms with E-state index in [4.69, 9.17) is 11.6 Å². The fraction of sp³-hybridized carbons (Fsp3) is 0.364. The summed E-state index contributed by atoms with van der Waals surface area (Å²) < 4.78 is 0. The van der Waals surface area contributed by atoms with Crippen LogP contribution in [-0.4, -0.2) is 35.1 Å². The van der Waals surface area contributed by atoms with Crippen molar-refractivity contribution in [2.45, 2.75) is 39.1 Å². The smallest absolute Gasteiger partial charge is 0.242 e. The zero-order chi connectivity index (χ0) is 20.5. The van der Waals surface area contributed by atoms with Crippen LogP contribution < -0.4 is 5.32 Å². The third kappa shape index (κ3) is 6.57. The molecular weight excluding hydrogens is 392 g/mol. The lowest BCUT2D eigenvalue weighted by Gasteiger charge is -2.29. The zero-order valence-corrected chi connectivity index (χ0v) is 18.1. The van der Waals surface area contributed by atoms with E-state index in [1.165, 1.54) is 11.8 Å². The van der Waals surface area contributed by atoms with Crippen molar-refractivity contribution in [3.8, 4) is 0 Å². The van der Waals surface area contributed by atoms with Gasteiger partial charge in [-0.25, -0.2) is 0 Å². The Morgan fingerprint density at radius 1 is 1.14 bits per heavy atom. The van der Waals surface area contributed by atoms with Crippen LogP contribution in [0.2, 0.25) is 5.02 Å². The Morgan fingerprint density at radius 3 is 2.46 bits per heavy atom. The number of amides is 2.